The van der Waals surface area contributed by atoms with E-state index in [1.807, 2.05) is 43.6 Å². The summed E-state index contributed by atoms with van der Waals surface area (Å²) in [4.78, 5) is 14.8. The predicted octanol–water partition coefficient (Wildman–Crippen LogP) is 1.99. The number of aromatic nitrogens is 2. The maximum atomic E-state index is 12.9. The van der Waals surface area contributed by atoms with Crippen LogP contribution in [0.15, 0.2) is 71.9 Å². The molecule has 0 spiro atoms. The number of rotatable bonds is 6. The molecule has 2 aromatic carbocycles. The normalized spacial score (nSPS) is 15.6. The molecule has 31 heavy (non-hydrogen) atoms. The van der Waals surface area contributed by atoms with Gasteiger partial charge in [-0.3, -0.25) is 4.79 Å². The predicted molar refractivity (Wildman–Crippen MR) is 119 cm³/mol. The monoisotopic (exact) mass is 439 g/mol. The van der Waals surface area contributed by atoms with Crippen LogP contribution in [0.1, 0.15) is 5.56 Å². The van der Waals surface area contributed by atoms with Gasteiger partial charge in [-0.15, -0.1) is 0 Å². The topological polar surface area (TPSA) is 87.5 Å². The molecule has 0 saturated carbocycles. The van der Waals surface area contributed by atoms with E-state index in [1.54, 1.807) is 29.1 Å². The molecule has 0 radical (unpaired) electrons. The lowest BCUT2D eigenvalue weighted by Gasteiger charge is -2.31. The first kappa shape index (κ1) is 21.2. The number of piperazine rings is 1. The van der Waals surface area contributed by atoms with Gasteiger partial charge in [0.2, 0.25) is 15.9 Å². The van der Waals surface area contributed by atoms with Crippen molar-refractivity contribution in [2.45, 2.75) is 11.3 Å². The number of sulfonamides is 1. The highest BCUT2D eigenvalue weighted by Crippen LogP contribution is 2.21. The number of nitrogens with zero attached hydrogens (tertiary/aromatic N) is 4. The highest BCUT2D eigenvalue weighted by Gasteiger charge is 2.27. The molecule has 1 fully saturated rings. The van der Waals surface area contributed by atoms with E-state index in [2.05, 4.69) is 15.3 Å². The molecule has 1 aliphatic rings. The highest BCUT2D eigenvalue weighted by atomic mass is 32.2. The van der Waals surface area contributed by atoms with Crippen molar-refractivity contribution in [3.8, 4) is 5.69 Å². The number of hydrogen-bond donors (Lipinski definition) is 1. The molecular formula is C22H25N5O3S. The van der Waals surface area contributed by atoms with Gasteiger partial charge in [-0.2, -0.15) is 9.40 Å². The number of nitrogens with one attached hydrogen (secondary N) is 1. The Labute approximate surface area is 182 Å². The van der Waals surface area contributed by atoms with Crippen LogP contribution in [0.2, 0.25) is 0 Å². The van der Waals surface area contributed by atoms with Gasteiger partial charge < -0.3 is 10.2 Å². The first-order valence-corrected chi connectivity index (χ1v) is 11.5. The molecule has 3 aromatic rings. The van der Waals surface area contributed by atoms with Crippen molar-refractivity contribution in [1.29, 1.82) is 0 Å². The molecule has 9 heteroatoms. The molecule has 1 saturated heterocycles. The van der Waals surface area contributed by atoms with Gasteiger partial charge in [-0.25, -0.2) is 13.1 Å². The summed E-state index contributed by atoms with van der Waals surface area (Å²) in [5.41, 5.74) is 2.13. The Morgan fingerprint density at radius 1 is 1.03 bits per heavy atom. The molecule has 1 aliphatic heterocycles. The minimum Gasteiger partial charge on any atom is -0.326 e. The van der Waals surface area contributed by atoms with E-state index >= 15 is 0 Å². The SMILES string of the molecule is CN1CCN(S(=O)(=O)c2cccc(NC(=O)Cc3cnn(-c4ccccc4)c3)c2)CC1. The van der Waals surface area contributed by atoms with Crippen molar-refractivity contribution in [2.24, 2.45) is 0 Å². The van der Waals surface area contributed by atoms with Crippen LogP contribution in [0.5, 0.6) is 0 Å². The maximum absolute atomic E-state index is 12.9. The average molecular weight is 440 g/mol. The third-order valence-corrected chi connectivity index (χ3v) is 7.13. The highest BCUT2D eigenvalue weighted by molar-refractivity contribution is 7.89. The van der Waals surface area contributed by atoms with Crippen LogP contribution in [0.25, 0.3) is 5.69 Å². The Morgan fingerprint density at radius 2 is 1.77 bits per heavy atom. The Morgan fingerprint density at radius 3 is 2.52 bits per heavy atom. The van der Waals surface area contributed by atoms with Gasteiger partial charge in [-0.05, 0) is 42.9 Å². The van der Waals surface area contributed by atoms with Crippen LogP contribution in [-0.4, -0.2) is 66.5 Å². The van der Waals surface area contributed by atoms with Crippen molar-refractivity contribution < 1.29 is 13.2 Å². The van der Waals surface area contributed by atoms with Gasteiger partial charge in [0.05, 0.1) is 23.2 Å². The van der Waals surface area contributed by atoms with Gasteiger partial charge in [0.15, 0.2) is 0 Å². The van der Waals surface area contributed by atoms with Crippen LogP contribution in [-0.2, 0) is 21.2 Å². The van der Waals surface area contributed by atoms with E-state index in [1.165, 1.54) is 10.4 Å². The first-order valence-electron chi connectivity index (χ1n) is 10.1. The van der Waals surface area contributed by atoms with Crippen LogP contribution in [0, 0.1) is 0 Å². The van der Waals surface area contributed by atoms with Gasteiger partial charge >= 0.3 is 0 Å². The van der Waals surface area contributed by atoms with E-state index in [9.17, 15) is 13.2 Å². The number of amides is 1. The van der Waals surface area contributed by atoms with E-state index < -0.39 is 10.0 Å². The lowest BCUT2D eigenvalue weighted by molar-refractivity contribution is -0.115. The van der Waals surface area contributed by atoms with E-state index in [4.69, 9.17) is 0 Å². The smallest absolute Gasteiger partial charge is 0.243 e. The second-order valence-corrected chi connectivity index (χ2v) is 9.53. The molecule has 1 N–H and O–H groups in total. The fourth-order valence-electron chi connectivity index (χ4n) is 3.48. The third kappa shape index (κ3) is 5.01. The van der Waals surface area contributed by atoms with Crippen LogP contribution < -0.4 is 5.32 Å². The number of carbonyl (C=O) groups is 1. The summed E-state index contributed by atoms with van der Waals surface area (Å²) in [6.45, 7) is 2.32. The molecule has 4 rings (SSSR count). The second kappa shape index (κ2) is 9.01. The summed E-state index contributed by atoms with van der Waals surface area (Å²) in [6, 6.07) is 16.1. The largest absolute Gasteiger partial charge is 0.326 e. The van der Waals surface area contributed by atoms with Gasteiger partial charge in [-0.1, -0.05) is 24.3 Å². The van der Waals surface area contributed by atoms with Gasteiger partial charge in [0.25, 0.3) is 0 Å². The second-order valence-electron chi connectivity index (χ2n) is 7.59. The van der Waals surface area contributed by atoms with Crippen molar-refractivity contribution in [3.63, 3.8) is 0 Å². The van der Waals surface area contributed by atoms with Gasteiger partial charge in [0.1, 0.15) is 0 Å². The molecule has 1 amide bonds. The van der Waals surface area contributed by atoms with Crippen molar-refractivity contribution in [2.75, 3.05) is 38.5 Å². The Hall–Kier alpha value is -3.01. The fourth-order valence-corrected chi connectivity index (χ4v) is 4.94. The van der Waals surface area contributed by atoms with Crippen LogP contribution in [0.3, 0.4) is 0 Å². The molecule has 0 atom stereocenters. The Bertz CT molecular complexity index is 1150. The van der Waals surface area contributed by atoms with Crippen molar-refractivity contribution >= 4 is 21.6 Å². The number of para-hydroxylation sites is 1. The summed E-state index contributed by atoms with van der Waals surface area (Å²) in [5, 5.41) is 7.09. The molecule has 8 nitrogen and oxygen atoms in total. The Kier molecular flexibility index (Phi) is 6.17. The minimum atomic E-state index is -3.59. The molecule has 0 aliphatic carbocycles. The van der Waals surface area contributed by atoms with Crippen LogP contribution in [0.4, 0.5) is 5.69 Å². The van der Waals surface area contributed by atoms with Crippen molar-refractivity contribution in [1.82, 2.24) is 19.0 Å². The average Bonchev–Trinajstić information content (AvgIpc) is 3.23. The molecule has 162 valence electrons. The molecular weight excluding hydrogens is 414 g/mol. The maximum Gasteiger partial charge on any atom is 0.243 e. The zero-order chi connectivity index (χ0) is 21.8. The standard InChI is InChI=1S/C22H25N5O3S/c1-25-10-12-26(13-11-25)31(29,30)21-9-5-6-19(15-21)24-22(28)14-18-16-23-27(17-18)20-7-3-2-4-8-20/h2-9,15-17H,10-14H2,1H3,(H,24,28). The number of hydrogen-bond acceptors (Lipinski definition) is 5. The summed E-state index contributed by atoms with van der Waals surface area (Å²) < 4.78 is 29.1. The zero-order valence-electron chi connectivity index (χ0n) is 17.3. The lowest BCUT2D eigenvalue weighted by atomic mass is 10.2. The summed E-state index contributed by atoms with van der Waals surface area (Å²) in [7, 11) is -1.61. The summed E-state index contributed by atoms with van der Waals surface area (Å²) in [5.74, 6) is -0.234. The zero-order valence-corrected chi connectivity index (χ0v) is 18.1. The van der Waals surface area contributed by atoms with Gasteiger partial charge in [0, 0.05) is 38.1 Å². The summed E-state index contributed by atoms with van der Waals surface area (Å²) in [6.07, 6.45) is 3.60. The molecule has 0 bridgehead atoms. The molecule has 0 unspecified atom stereocenters. The lowest BCUT2D eigenvalue weighted by Crippen LogP contribution is -2.47. The molecule has 2 heterocycles. The van der Waals surface area contributed by atoms with E-state index in [0.717, 1.165) is 11.3 Å². The Balaban J connectivity index is 1.42. The third-order valence-electron chi connectivity index (χ3n) is 5.24. The number of anilines is 1. The van der Waals surface area contributed by atoms with E-state index in [-0.39, 0.29) is 17.2 Å². The van der Waals surface area contributed by atoms with Crippen LogP contribution >= 0.6 is 0 Å². The first-order chi connectivity index (χ1) is 14.9. The number of carbonyl (C=O) groups excluding carboxylic acids is 1. The molecule has 1 aromatic heterocycles. The number of benzene rings is 2. The van der Waals surface area contributed by atoms with Crippen molar-refractivity contribution in [3.05, 3.63) is 72.6 Å². The van der Waals surface area contributed by atoms with E-state index in [0.29, 0.717) is 31.9 Å². The fraction of sp³-hybridized carbons (Fsp3) is 0.273. The number of likely N-dealkylation sites (N-methyl/N-ethyl adjacent to an activating group) is 1. The minimum absolute atomic E-state index is 0.141. The summed E-state index contributed by atoms with van der Waals surface area (Å²) >= 11 is 0. The quantitative estimate of drug-likeness (QED) is 0.635.